The van der Waals surface area contributed by atoms with Gasteiger partial charge in [-0.3, -0.25) is 14.6 Å². The highest BCUT2D eigenvalue weighted by Gasteiger charge is 2.35. The molecule has 136 valence electrons. The molecule has 0 radical (unpaired) electrons. The number of hydrogen-bond acceptors (Lipinski definition) is 4. The quantitative estimate of drug-likeness (QED) is 0.775. The van der Waals surface area contributed by atoms with Gasteiger partial charge in [-0.05, 0) is 34.9 Å². The smallest absolute Gasteiger partial charge is 0.290 e. The van der Waals surface area contributed by atoms with Gasteiger partial charge in [0.2, 0.25) is 5.91 Å². The maximum absolute atomic E-state index is 12.9. The number of furan rings is 1. The standard InChI is InChI=1S/C21H19N3O3/c25-20(23-13-15-5-3-9-22-12-15)18-11-16-6-1-2-7-17(16)14-24(18)21(26)19-8-4-10-27-19/h1-10,12,18H,11,13-14H2,(H,23,25)/t18-/m1/s1. The van der Waals surface area contributed by atoms with Crippen molar-refractivity contribution >= 4 is 11.8 Å². The second-order valence-electron chi connectivity index (χ2n) is 6.48. The van der Waals surface area contributed by atoms with Gasteiger partial charge < -0.3 is 14.6 Å². The molecule has 1 atom stereocenters. The molecule has 6 nitrogen and oxygen atoms in total. The number of amides is 2. The van der Waals surface area contributed by atoms with Crippen molar-refractivity contribution in [3.05, 3.63) is 89.6 Å². The second-order valence-corrected chi connectivity index (χ2v) is 6.48. The number of carbonyl (C=O) groups excluding carboxylic acids is 2. The molecular weight excluding hydrogens is 342 g/mol. The Labute approximate surface area is 156 Å². The summed E-state index contributed by atoms with van der Waals surface area (Å²) in [4.78, 5) is 31.4. The second kappa shape index (κ2) is 7.45. The van der Waals surface area contributed by atoms with Crippen molar-refractivity contribution < 1.29 is 14.0 Å². The fourth-order valence-electron chi connectivity index (χ4n) is 3.32. The number of aromatic nitrogens is 1. The Bertz CT molecular complexity index is 938. The van der Waals surface area contributed by atoms with Gasteiger partial charge in [-0.1, -0.05) is 30.3 Å². The maximum Gasteiger partial charge on any atom is 0.290 e. The van der Waals surface area contributed by atoms with Crippen molar-refractivity contribution in [3.63, 3.8) is 0 Å². The number of nitrogens with zero attached hydrogens (tertiary/aromatic N) is 2. The third-order valence-electron chi connectivity index (χ3n) is 4.73. The minimum atomic E-state index is -0.589. The first-order valence-corrected chi connectivity index (χ1v) is 8.80. The normalized spacial score (nSPS) is 15.9. The molecule has 1 aromatic carbocycles. The van der Waals surface area contributed by atoms with E-state index in [9.17, 15) is 9.59 Å². The number of hydrogen-bond donors (Lipinski definition) is 1. The van der Waals surface area contributed by atoms with Gasteiger partial charge in [-0.15, -0.1) is 0 Å². The molecule has 27 heavy (non-hydrogen) atoms. The Balaban J connectivity index is 1.57. The summed E-state index contributed by atoms with van der Waals surface area (Å²) in [5.41, 5.74) is 3.04. The third kappa shape index (κ3) is 3.60. The Kier molecular flexibility index (Phi) is 4.70. The topological polar surface area (TPSA) is 75.4 Å². The Morgan fingerprint density at radius 1 is 1.11 bits per heavy atom. The average molecular weight is 361 g/mol. The van der Waals surface area contributed by atoms with Gasteiger partial charge in [0.05, 0.1) is 6.26 Å². The van der Waals surface area contributed by atoms with Crippen LogP contribution in [0.1, 0.15) is 27.2 Å². The van der Waals surface area contributed by atoms with Crippen LogP contribution in [-0.4, -0.2) is 27.7 Å². The summed E-state index contributed by atoms with van der Waals surface area (Å²) >= 11 is 0. The molecule has 3 heterocycles. The fourth-order valence-corrected chi connectivity index (χ4v) is 3.32. The first kappa shape index (κ1) is 17.0. The zero-order valence-electron chi connectivity index (χ0n) is 14.7. The van der Waals surface area contributed by atoms with Gasteiger partial charge in [0, 0.05) is 31.9 Å². The van der Waals surface area contributed by atoms with Crippen molar-refractivity contribution in [3.8, 4) is 0 Å². The van der Waals surface area contributed by atoms with E-state index in [0.29, 0.717) is 19.5 Å². The van der Waals surface area contributed by atoms with Gasteiger partial charge in [0.15, 0.2) is 5.76 Å². The van der Waals surface area contributed by atoms with E-state index < -0.39 is 6.04 Å². The number of carbonyl (C=O) groups is 2. The Morgan fingerprint density at radius 2 is 1.96 bits per heavy atom. The molecule has 0 saturated heterocycles. The van der Waals surface area contributed by atoms with Crippen LogP contribution in [0.2, 0.25) is 0 Å². The predicted molar refractivity (Wildman–Crippen MR) is 98.6 cm³/mol. The highest BCUT2D eigenvalue weighted by Crippen LogP contribution is 2.25. The molecule has 0 fully saturated rings. The fraction of sp³-hybridized carbons (Fsp3) is 0.190. The van der Waals surface area contributed by atoms with Gasteiger partial charge in [0.25, 0.3) is 5.91 Å². The highest BCUT2D eigenvalue weighted by atomic mass is 16.3. The molecule has 0 aliphatic carbocycles. The molecule has 0 saturated carbocycles. The molecule has 2 amide bonds. The molecule has 0 spiro atoms. The lowest BCUT2D eigenvalue weighted by Crippen LogP contribution is -2.52. The molecule has 3 aromatic rings. The van der Waals surface area contributed by atoms with Gasteiger partial charge in [-0.2, -0.15) is 0 Å². The van der Waals surface area contributed by atoms with Crippen LogP contribution < -0.4 is 5.32 Å². The molecule has 1 aliphatic rings. The maximum atomic E-state index is 12.9. The summed E-state index contributed by atoms with van der Waals surface area (Å²) in [6, 6.07) is 14.3. The lowest BCUT2D eigenvalue weighted by atomic mass is 9.93. The van der Waals surface area contributed by atoms with Crippen LogP contribution in [-0.2, 0) is 24.3 Å². The van der Waals surface area contributed by atoms with Crippen molar-refractivity contribution in [2.24, 2.45) is 0 Å². The monoisotopic (exact) mass is 361 g/mol. The minimum absolute atomic E-state index is 0.187. The SMILES string of the molecule is O=C(NCc1cccnc1)[C@H]1Cc2ccccc2CN1C(=O)c1ccco1. The molecule has 2 aromatic heterocycles. The number of rotatable bonds is 4. The summed E-state index contributed by atoms with van der Waals surface area (Å²) in [7, 11) is 0. The molecule has 4 rings (SSSR count). The minimum Gasteiger partial charge on any atom is -0.459 e. The van der Waals surface area contributed by atoms with Gasteiger partial charge in [-0.25, -0.2) is 0 Å². The summed E-state index contributed by atoms with van der Waals surface area (Å²) in [6.45, 7) is 0.744. The zero-order chi connectivity index (χ0) is 18.6. The van der Waals surface area contributed by atoms with E-state index in [2.05, 4.69) is 10.3 Å². The first-order chi connectivity index (χ1) is 13.2. The van der Waals surface area contributed by atoms with Crippen molar-refractivity contribution in [1.82, 2.24) is 15.2 Å². The Morgan fingerprint density at radius 3 is 2.70 bits per heavy atom. The third-order valence-corrected chi connectivity index (χ3v) is 4.73. The lowest BCUT2D eigenvalue weighted by molar-refractivity contribution is -0.126. The van der Waals surface area contributed by atoms with E-state index in [1.807, 2.05) is 36.4 Å². The van der Waals surface area contributed by atoms with Gasteiger partial charge >= 0.3 is 0 Å². The lowest BCUT2D eigenvalue weighted by Gasteiger charge is -2.35. The predicted octanol–water partition coefficient (Wildman–Crippen LogP) is 2.56. The van der Waals surface area contributed by atoms with Crippen LogP contribution in [0.25, 0.3) is 0 Å². The molecule has 1 aliphatic heterocycles. The molecule has 0 bridgehead atoms. The molecule has 6 heteroatoms. The van der Waals surface area contributed by atoms with E-state index in [1.54, 1.807) is 29.4 Å². The zero-order valence-corrected chi connectivity index (χ0v) is 14.7. The molecule has 1 N–H and O–H groups in total. The van der Waals surface area contributed by atoms with E-state index >= 15 is 0 Å². The first-order valence-electron chi connectivity index (χ1n) is 8.80. The Hall–Kier alpha value is -3.41. The van der Waals surface area contributed by atoms with E-state index in [4.69, 9.17) is 4.42 Å². The number of nitrogens with one attached hydrogen (secondary N) is 1. The number of pyridine rings is 1. The van der Waals surface area contributed by atoms with Crippen LogP contribution in [0.4, 0.5) is 0 Å². The largest absolute Gasteiger partial charge is 0.459 e. The summed E-state index contributed by atoms with van der Waals surface area (Å²) < 4.78 is 5.26. The molecular formula is C21H19N3O3. The van der Waals surface area contributed by atoms with Crippen molar-refractivity contribution in [1.29, 1.82) is 0 Å². The number of benzene rings is 1. The summed E-state index contributed by atoms with van der Waals surface area (Å²) in [5.74, 6) is -0.233. The van der Waals surface area contributed by atoms with Crippen LogP contribution in [0.3, 0.4) is 0 Å². The number of fused-ring (bicyclic) bond motifs is 1. The van der Waals surface area contributed by atoms with Crippen LogP contribution >= 0.6 is 0 Å². The molecule has 0 unspecified atom stereocenters. The van der Waals surface area contributed by atoms with Crippen LogP contribution in [0.5, 0.6) is 0 Å². The van der Waals surface area contributed by atoms with Gasteiger partial charge in [0.1, 0.15) is 6.04 Å². The summed E-state index contributed by atoms with van der Waals surface area (Å²) in [5, 5.41) is 2.93. The summed E-state index contributed by atoms with van der Waals surface area (Å²) in [6.07, 6.45) is 5.33. The van der Waals surface area contributed by atoms with Crippen molar-refractivity contribution in [2.45, 2.75) is 25.6 Å². The van der Waals surface area contributed by atoms with Crippen LogP contribution in [0, 0.1) is 0 Å². The van der Waals surface area contributed by atoms with Crippen LogP contribution in [0.15, 0.2) is 71.6 Å². The highest BCUT2D eigenvalue weighted by molar-refractivity contribution is 5.96. The van der Waals surface area contributed by atoms with E-state index in [0.717, 1.165) is 16.7 Å². The van der Waals surface area contributed by atoms with E-state index in [-0.39, 0.29) is 17.6 Å². The van der Waals surface area contributed by atoms with Crippen molar-refractivity contribution in [2.75, 3.05) is 0 Å². The average Bonchev–Trinajstić information content (AvgIpc) is 3.26. The van der Waals surface area contributed by atoms with E-state index in [1.165, 1.54) is 6.26 Å².